The average molecular weight is 115 g/mol. The Labute approximate surface area is 50.2 Å². The van der Waals surface area contributed by atoms with E-state index in [-0.39, 0.29) is 0 Å². The molecule has 1 N–H and O–H groups in total. The molecule has 0 radical (unpaired) electrons. The van der Waals surface area contributed by atoms with E-state index in [1.807, 2.05) is 0 Å². The van der Waals surface area contributed by atoms with Crippen LogP contribution in [0, 0.1) is 0 Å². The highest BCUT2D eigenvalue weighted by atomic mass is 15.6. The second kappa shape index (κ2) is 2.44. The molecule has 0 aliphatic carbocycles. The van der Waals surface area contributed by atoms with E-state index in [0.717, 1.165) is 13.2 Å². The van der Waals surface area contributed by atoms with Gasteiger partial charge in [-0.3, -0.25) is 4.90 Å². The molecule has 1 heterocycles. The van der Waals surface area contributed by atoms with E-state index in [9.17, 15) is 0 Å². The van der Waals surface area contributed by atoms with Gasteiger partial charge in [0.15, 0.2) is 0 Å². The number of hydrogen-bond acceptors (Lipinski definition) is 3. The third-order valence-corrected chi connectivity index (χ3v) is 1.43. The molecule has 3 heteroatoms. The fraction of sp³-hybridized carbons (Fsp3) is 1.00. The molecule has 3 nitrogen and oxygen atoms in total. The number of rotatable bonds is 0. The Balaban J connectivity index is 2.19. The molecule has 0 bridgehead atoms. The summed E-state index contributed by atoms with van der Waals surface area (Å²) in [5, 5.41) is 2.11. The lowest BCUT2D eigenvalue weighted by Crippen LogP contribution is -2.50. The molecule has 1 rings (SSSR count). The molecule has 1 aliphatic rings. The van der Waals surface area contributed by atoms with Crippen LogP contribution in [-0.4, -0.2) is 43.8 Å². The number of hydrazine groups is 1. The molecule has 0 aromatic rings. The van der Waals surface area contributed by atoms with Gasteiger partial charge in [-0.25, -0.2) is 10.4 Å². The first-order valence-corrected chi connectivity index (χ1v) is 2.92. The summed E-state index contributed by atoms with van der Waals surface area (Å²) >= 11 is 0. The van der Waals surface area contributed by atoms with E-state index < -0.39 is 0 Å². The minimum atomic E-state index is 0.983. The lowest BCUT2D eigenvalue weighted by molar-refractivity contribution is 0.103. The van der Waals surface area contributed by atoms with Crippen LogP contribution >= 0.6 is 0 Å². The summed E-state index contributed by atoms with van der Waals surface area (Å²) in [4.78, 5) is 2.25. The van der Waals surface area contributed by atoms with E-state index in [0.29, 0.717) is 0 Å². The van der Waals surface area contributed by atoms with Gasteiger partial charge in [0.2, 0.25) is 0 Å². The SMILES string of the molecule is CN1CCN(C)NC1. The second-order valence-corrected chi connectivity index (χ2v) is 2.32. The van der Waals surface area contributed by atoms with Gasteiger partial charge in [0.1, 0.15) is 0 Å². The van der Waals surface area contributed by atoms with E-state index in [1.54, 1.807) is 0 Å². The minimum absolute atomic E-state index is 0.983. The molecule has 1 fully saturated rings. The van der Waals surface area contributed by atoms with Crippen molar-refractivity contribution < 1.29 is 0 Å². The van der Waals surface area contributed by atoms with E-state index in [2.05, 4.69) is 29.4 Å². The van der Waals surface area contributed by atoms with Gasteiger partial charge >= 0.3 is 0 Å². The summed E-state index contributed by atoms with van der Waals surface area (Å²) < 4.78 is 0. The minimum Gasteiger partial charge on any atom is -0.291 e. The maximum absolute atomic E-state index is 3.19. The molecular formula is C5H13N3. The molecular weight excluding hydrogens is 102 g/mol. The number of hydrogen-bond donors (Lipinski definition) is 1. The largest absolute Gasteiger partial charge is 0.291 e. The van der Waals surface area contributed by atoms with Gasteiger partial charge < -0.3 is 0 Å². The number of nitrogens with one attached hydrogen (secondary N) is 1. The number of nitrogens with zero attached hydrogens (tertiary/aromatic N) is 2. The van der Waals surface area contributed by atoms with Crippen molar-refractivity contribution in [1.82, 2.24) is 15.3 Å². The van der Waals surface area contributed by atoms with Crippen LogP contribution in [0.4, 0.5) is 0 Å². The highest BCUT2D eigenvalue weighted by molar-refractivity contribution is 4.57. The maximum atomic E-state index is 3.19. The van der Waals surface area contributed by atoms with Crippen molar-refractivity contribution in [2.45, 2.75) is 0 Å². The third kappa shape index (κ3) is 1.43. The van der Waals surface area contributed by atoms with Crippen LogP contribution in [-0.2, 0) is 0 Å². The van der Waals surface area contributed by atoms with E-state index in [1.165, 1.54) is 6.54 Å². The van der Waals surface area contributed by atoms with Crippen LogP contribution in [0.3, 0.4) is 0 Å². The van der Waals surface area contributed by atoms with Crippen molar-refractivity contribution in [1.29, 1.82) is 0 Å². The van der Waals surface area contributed by atoms with Crippen molar-refractivity contribution in [2.75, 3.05) is 33.9 Å². The Morgan fingerprint density at radius 3 is 2.38 bits per heavy atom. The Hall–Kier alpha value is -0.120. The smallest absolute Gasteiger partial charge is 0.0615 e. The maximum Gasteiger partial charge on any atom is 0.0615 e. The lowest BCUT2D eigenvalue weighted by Gasteiger charge is -2.30. The summed E-state index contributed by atoms with van der Waals surface area (Å²) in [6.45, 7) is 3.27. The van der Waals surface area contributed by atoms with Gasteiger partial charge in [0, 0.05) is 20.1 Å². The first-order chi connectivity index (χ1) is 3.79. The highest BCUT2D eigenvalue weighted by Crippen LogP contribution is 1.87. The van der Waals surface area contributed by atoms with E-state index >= 15 is 0 Å². The monoisotopic (exact) mass is 115 g/mol. The van der Waals surface area contributed by atoms with Gasteiger partial charge in [-0.05, 0) is 7.05 Å². The fourth-order valence-electron chi connectivity index (χ4n) is 0.720. The van der Waals surface area contributed by atoms with Crippen LogP contribution < -0.4 is 5.43 Å². The van der Waals surface area contributed by atoms with Gasteiger partial charge in [0.25, 0.3) is 0 Å². The molecule has 0 amide bonds. The van der Waals surface area contributed by atoms with Crippen LogP contribution in [0.2, 0.25) is 0 Å². The lowest BCUT2D eigenvalue weighted by atomic mass is 10.5. The first kappa shape index (κ1) is 6.01. The highest BCUT2D eigenvalue weighted by Gasteiger charge is 2.06. The Kier molecular flexibility index (Phi) is 1.83. The zero-order valence-electron chi connectivity index (χ0n) is 5.52. The summed E-state index contributed by atoms with van der Waals surface area (Å²) in [6.07, 6.45) is 0. The van der Waals surface area contributed by atoms with Crippen LogP contribution in [0.25, 0.3) is 0 Å². The van der Waals surface area contributed by atoms with Crippen molar-refractivity contribution in [3.8, 4) is 0 Å². The summed E-state index contributed by atoms with van der Waals surface area (Å²) in [7, 11) is 4.17. The topological polar surface area (TPSA) is 18.5 Å². The molecule has 0 unspecified atom stereocenters. The molecule has 0 spiro atoms. The standard InChI is InChI=1S/C5H13N3/c1-7-3-4-8(2)6-5-7/h6H,3-5H2,1-2H3. The zero-order valence-corrected chi connectivity index (χ0v) is 5.52. The van der Waals surface area contributed by atoms with Crippen molar-refractivity contribution >= 4 is 0 Å². The van der Waals surface area contributed by atoms with Gasteiger partial charge in [0.05, 0.1) is 6.67 Å². The summed E-state index contributed by atoms with van der Waals surface area (Å²) in [5.41, 5.74) is 3.19. The zero-order chi connectivity index (χ0) is 5.98. The predicted molar refractivity (Wildman–Crippen MR) is 33.3 cm³/mol. The van der Waals surface area contributed by atoms with Crippen LogP contribution in [0.5, 0.6) is 0 Å². The summed E-state index contributed by atoms with van der Waals surface area (Å²) in [6, 6.07) is 0. The van der Waals surface area contributed by atoms with Crippen molar-refractivity contribution in [3.63, 3.8) is 0 Å². The molecule has 0 saturated carbocycles. The Bertz CT molecular complexity index is 56.1. The van der Waals surface area contributed by atoms with E-state index in [4.69, 9.17) is 0 Å². The van der Waals surface area contributed by atoms with Gasteiger partial charge in [-0.15, -0.1) is 0 Å². The Morgan fingerprint density at radius 2 is 2.00 bits per heavy atom. The van der Waals surface area contributed by atoms with Crippen LogP contribution in [0.1, 0.15) is 0 Å². The molecule has 0 aromatic carbocycles. The molecule has 48 valence electrons. The quantitative estimate of drug-likeness (QED) is 0.451. The molecule has 1 saturated heterocycles. The molecule has 0 aromatic heterocycles. The van der Waals surface area contributed by atoms with Crippen LogP contribution in [0.15, 0.2) is 0 Å². The number of likely N-dealkylation sites (N-methyl/N-ethyl adjacent to an activating group) is 2. The molecule has 0 atom stereocenters. The Morgan fingerprint density at radius 1 is 1.25 bits per heavy atom. The fourth-order valence-corrected chi connectivity index (χ4v) is 0.720. The van der Waals surface area contributed by atoms with Crippen molar-refractivity contribution in [2.24, 2.45) is 0 Å². The van der Waals surface area contributed by atoms with Gasteiger partial charge in [-0.1, -0.05) is 0 Å². The second-order valence-electron chi connectivity index (χ2n) is 2.32. The third-order valence-electron chi connectivity index (χ3n) is 1.43. The summed E-state index contributed by atoms with van der Waals surface area (Å²) in [5.74, 6) is 0. The van der Waals surface area contributed by atoms with Gasteiger partial charge in [-0.2, -0.15) is 0 Å². The van der Waals surface area contributed by atoms with Crippen molar-refractivity contribution in [3.05, 3.63) is 0 Å². The first-order valence-electron chi connectivity index (χ1n) is 2.92. The predicted octanol–water partition coefficient (Wildman–Crippen LogP) is -0.674. The normalized spacial score (nSPS) is 26.2. The molecule has 8 heavy (non-hydrogen) atoms. The molecule has 1 aliphatic heterocycles. The average Bonchev–Trinajstić information content (AvgIpc) is 1.77.